The third kappa shape index (κ3) is 4.47. The molecule has 0 aliphatic heterocycles. The van der Waals surface area contributed by atoms with Crippen LogP contribution < -0.4 is 5.32 Å². The maximum atomic E-state index is 3.63. The summed E-state index contributed by atoms with van der Waals surface area (Å²) >= 11 is 2.39. The highest BCUT2D eigenvalue weighted by molar-refractivity contribution is 14.1. The van der Waals surface area contributed by atoms with Crippen molar-refractivity contribution in [1.82, 2.24) is 0 Å². The second-order valence-corrected chi connectivity index (χ2v) is 7.63. The van der Waals surface area contributed by atoms with Gasteiger partial charge in [0.1, 0.15) is 0 Å². The molecule has 0 saturated heterocycles. The van der Waals surface area contributed by atoms with Crippen molar-refractivity contribution in [2.24, 2.45) is 0 Å². The summed E-state index contributed by atoms with van der Waals surface area (Å²) in [7, 11) is 0. The Hall–Kier alpha value is -1.03. The van der Waals surface area contributed by atoms with E-state index in [-0.39, 0.29) is 5.41 Å². The van der Waals surface area contributed by atoms with Crippen LogP contribution in [0.15, 0.2) is 48.5 Å². The van der Waals surface area contributed by atoms with Crippen LogP contribution in [0.4, 0.5) is 5.69 Å². The summed E-state index contributed by atoms with van der Waals surface area (Å²) in [5, 5.41) is 3.63. The Balaban J connectivity index is 2.04. The van der Waals surface area contributed by atoms with Gasteiger partial charge >= 0.3 is 0 Å². The standard InChI is InChI=1S/C19H24IN/c1-14-10-11-17(12-18(14)20)21-15(2)13-19(3,4)16-8-6-5-7-9-16/h5-12,15,21H,13H2,1-4H3. The molecule has 1 atom stereocenters. The second-order valence-electron chi connectivity index (χ2n) is 6.46. The summed E-state index contributed by atoms with van der Waals surface area (Å²) in [5.41, 5.74) is 4.11. The zero-order valence-electron chi connectivity index (χ0n) is 13.3. The molecule has 0 aliphatic rings. The summed E-state index contributed by atoms with van der Waals surface area (Å²) in [6, 6.07) is 17.8. The Morgan fingerprint density at radius 2 is 1.76 bits per heavy atom. The molecule has 2 heteroatoms. The van der Waals surface area contributed by atoms with Crippen LogP contribution in [-0.2, 0) is 5.41 Å². The maximum absolute atomic E-state index is 3.63. The average molecular weight is 393 g/mol. The van der Waals surface area contributed by atoms with Gasteiger partial charge in [-0.15, -0.1) is 0 Å². The summed E-state index contributed by atoms with van der Waals surface area (Å²) in [6.07, 6.45) is 1.10. The van der Waals surface area contributed by atoms with Gasteiger partial charge < -0.3 is 5.32 Å². The Morgan fingerprint density at radius 1 is 1.10 bits per heavy atom. The molecule has 21 heavy (non-hydrogen) atoms. The third-order valence-electron chi connectivity index (χ3n) is 3.96. The van der Waals surface area contributed by atoms with E-state index in [1.54, 1.807) is 0 Å². The topological polar surface area (TPSA) is 12.0 Å². The molecule has 0 spiro atoms. The van der Waals surface area contributed by atoms with Gasteiger partial charge in [-0.05, 0) is 71.5 Å². The van der Waals surface area contributed by atoms with Crippen LogP contribution in [0, 0.1) is 10.5 Å². The number of aryl methyl sites for hydroxylation is 1. The van der Waals surface area contributed by atoms with Crippen molar-refractivity contribution < 1.29 is 0 Å². The molecule has 0 aromatic heterocycles. The molecule has 112 valence electrons. The smallest absolute Gasteiger partial charge is 0.0353 e. The summed E-state index contributed by atoms with van der Waals surface area (Å²) in [6.45, 7) is 9.05. The first-order valence-corrected chi connectivity index (χ1v) is 8.54. The minimum Gasteiger partial charge on any atom is -0.383 e. The highest BCUT2D eigenvalue weighted by atomic mass is 127. The first kappa shape index (κ1) is 16.3. The first-order chi connectivity index (χ1) is 9.88. The number of hydrogen-bond acceptors (Lipinski definition) is 1. The van der Waals surface area contributed by atoms with Crippen LogP contribution in [0.1, 0.15) is 38.3 Å². The van der Waals surface area contributed by atoms with Crippen molar-refractivity contribution in [1.29, 1.82) is 0 Å². The minimum atomic E-state index is 0.172. The van der Waals surface area contributed by atoms with E-state index < -0.39 is 0 Å². The van der Waals surface area contributed by atoms with E-state index in [9.17, 15) is 0 Å². The van der Waals surface area contributed by atoms with Crippen molar-refractivity contribution in [3.8, 4) is 0 Å². The lowest BCUT2D eigenvalue weighted by atomic mass is 9.79. The van der Waals surface area contributed by atoms with Gasteiger partial charge in [-0.1, -0.05) is 50.2 Å². The van der Waals surface area contributed by atoms with Gasteiger partial charge in [-0.3, -0.25) is 0 Å². The van der Waals surface area contributed by atoms with Crippen LogP contribution in [-0.4, -0.2) is 6.04 Å². The van der Waals surface area contributed by atoms with Crippen LogP contribution in [0.2, 0.25) is 0 Å². The average Bonchev–Trinajstić information content (AvgIpc) is 2.43. The van der Waals surface area contributed by atoms with Crippen molar-refractivity contribution >= 4 is 28.3 Å². The quantitative estimate of drug-likeness (QED) is 0.636. The van der Waals surface area contributed by atoms with Crippen LogP contribution in [0.25, 0.3) is 0 Å². The van der Waals surface area contributed by atoms with Gasteiger partial charge in [0.2, 0.25) is 0 Å². The monoisotopic (exact) mass is 393 g/mol. The van der Waals surface area contributed by atoms with Crippen molar-refractivity contribution in [3.05, 3.63) is 63.2 Å². The number of hydrogen-bond donors (Lipinski definition) is 1. The van der Waals surface area contributed by atoms with Crippen molar-refractivity contribution in [2.75, 3.05) is 5.32 Å². The van der Waals surface area contributed by atoms with Crippen LogP contribution in [0.5, 0.6) is 0 Å². The van der Waals surface area contributed by atoms with Gasteiger partial charge in [-0.2, -0.15) is 0 Å². The largest absolute Gasteiger partial charge is 0.383 e. The van der Waals surface area contributed by atoms with Gasteiger partial charge in [0.05, 0.1) is 0 Å². The summed E-state index contributed by atoms with van der Waals surface area (Å²) in [4.78, 5) is 0. The predicted octanol–water partition coefficient (Wildman–Crippen LogP) is 5.77. The number of rotatable bonds is 5. The molecule has 2 aromatic rings. The van der Waals surface area contributed by atoms with E-state index in [1.165, 1.54) is 20.4 Å². The molecule has 1 unspecified atom stereocenters. The molecule has 0 radical (unpaired) electrons. The zero-order chi connectivity index (χ0) is 15.5. The van der Waals surface area contributed by atoms with Crippen LogP contribution >= 0.6 is 22.6 Å². The summed E-state index contributed by atoms with van der Waals surface area (Å²) < 4.78 is 1.31. The third-order valence-corrected chi connectivity index (χ3v) is 5.12. The molecule has 0 fully saturated rings. The molecule has 2 rings (SSSR count). The number of anilines is 1. The highest BCUT2D eigenvalue weighted by Crippen LogP contribution is 2.29. The molecule has 1 nitrogen and oxygen atoms in total. The van der Waals surface area contributed by atoms with Crippen LogP contribution in [0.3, 0.4) is 0 Å². The Morgan fingerprint density at radius 3 is 2.38 bits per heavy atom. The molecule has 0 amide bonds. The Labute approximate surface area is 142 Å². The lowest BCUT2D eigenvalue weighted by Crippen LogP contribution is -2.27. The van der Waals surface area contributed by atoms with E-state index >= 15 is 0 Å². The second kappa shape index (κ2) is 6.82. The fourth-order valence-corrected chi connectivity index (χ4v) is 3.31. The summed E-state index contributed by atoms with van der Waals surface area (Å²) in [5.74, 6) is 0. The molecule has 0 aliphatic carbocycles. The van der Waals surface area contributed by atoms with Gasteiger partial charge in [-0.25, -0.2) is 0 Å². The minimum absolute atomic E-state index is 0.172. The van der Waals surface area contributed by atoms with Gasteiger partial charge in [0.25, 0.3) is 0 Å². The lowest BCUT2D eigenvalue weighted by molar-refractivity contribution is 0.450. The molecule has 0 heterocycles. The number of benzene rings is 2. The van der Waals surface area contributed by atoms with E-state index in [2.05, 4.69) is 104 Å². The number of nitrogens with one attached hydrogen (secondary N) is 1. The fourth-order valence-electron chi connectivity index (χ4n) is 2.79. The fraction of sp³-hybridized carbons (Fsp3) is 0.368. The lowest BCUT2D eigenvalue weighted by Gasteiger charge is -2.29. The van der Waals surface area contributed by atoms with Gasteiger partial charge in [0, 0.05) is 15.3 Å². The zero-order valence-corrected chi connectivity index (χ0v) is 15.4. The maximum Gasteiger partial charge on any atom is 0.0353 e. The highest BCUT2D eigenvalue weighted by Gasteiger charge is 2.23. The van der Waals surface area contributed by atoms with E-state index in [0.717, 1.165) is 6.42 Å². The van der Waals surface area contributed by atoms with E-state index in [0.29, 0.717) is 6.04 Å². The SMILES string of the molecule is Cc1ccc(NC(C)CC(C)(C)c2ccccc2)cc1I. The molecular weight excluding hydrogens is 369 g/mol. The Bertz CT molecular complexity index is 590. The first-order valence-electron chi connectivity index (χ1n) is 7.47. The van der Waals surface area contributed by atoms with Gasteiger partial charge in [0.15, 0.2) is 0 Å². The number of halogens is 1. The van der Waals surface area contributed by atoms with Crippen molar-refractivity contribution in [2.45, 2.75) is 45.6 Å². The molecule has 0 bridgehead atoms. The van der Waals surface area contributed by atoms with E-state index in [1.807, 2.05) is 0 Å². The molecule has 2 aromatic carbocycles. The normalized spacial score (nSPS) is 13.0. The Kier molecular flexibility index (Phi) is 5.31. The molecular formula is C19H24IN. The predicted molar refractivity (Wildman–Crippen MR) is 101 cm³/mol. The van der Waals surface area contributed by atoms with E-state index in [4.69, 9.17) is 0 Å². The van der Waals surface area contributed by atoms with Crippen molar-refractivity contribution in [3.63, 3.8) is 0 Å². The molecule has 0 saturated carbocycles. The molecule has 1 N–H and O–H groups in total.